The van der Waals surface area contributed by atoms with E-state index < -0.39 is 17.9 Å². The number of hydrazine groups is 1. The zero-order chi connectivity index (χ0) is 16.2. The number of rotatable bonds is 2. The van der Waals surface area contributed by atoms with E-state index in [1.165, 1.54) is 0 Å². The SMILES string of the molecule is O=C(NNC(=O)[C@H]1COc2ccccc2O1)c1ccc(Cl)cc1. The van der Waals surface area contributed by atoms with Gasteiger partial charge in [0.25, 0.3) is 11.8 Å². The summed E-state index contributed by atoms with van der Waals surface area (Å²) in [6.07, 6.45) is -0.838. The first-order valence-corrected chi connectivity index (χ1v) is 7.25. The number of carbonyl (C=O) groups excluding carboxylic acids is 2. The average molecular weight is 333 g/mol. The number of ether oxygens (including phenoxy) is 2. The fourth-order valence-corrected chi connectivity index (χ4v) is 2.15. The minimum absolute atomic E-state index is 0.0691. The van der Waals surface area contributed by atoms with E-state index in [0.29, 0.717) is 22.1 Å². The van der Waals surface area contributed by atoms with Crippen LogP contribution < -0.4 is 20.3 Å². The smallest absolute Gasteiger partial charge is 0.283 e. The third-order valence-corrected chi connectivity index (χ3v) is 3.46. The van der Waals surface area contributed by atoms with E-state index in [1.54, 1.807) is 42.5 Å². The van der Waals surface area contributed by atoms with E-state index in [0.717, 1.165) is 0 Å². The second-order valence-electron chi connectivity index (χ2n) is 4.81. The molecule has 1 aliphatic heterocycles. The Bertz CT molecular complexity index is 733. The molecule has 6 nitrogen and oxygen atoms in total. The fourth-order valence-electron chi connectivity index (χ4n) is 2.02. The van der Waals surface area contributed by atoms with Crippen molar-refractivity contribution in [1.29, 1.82) is 0 Å². The van der Waals surface area contributed by atoms with Crippen LogP contribution in [0, 0.1) is 0 Å². The zero-order valence-electron chi connectivity index (χ0n) is 11.9. The van der Waals surface area contributed by atoms with Crippen molar-refractivity contribution >= 4 is 23.4 Å². The number of fused-ring (bicyclic) bond motifs is 1. The van der Waals surface area contributed by atoms with Gasteiger partial charge in [0.1, 0.15) is 6.61 Å². The lowest BCUT2D eigenvalue weighted by molar-refractivity contribution is -0.131. The van der Waals surface area contributed by atoms with Gasteiger partial charge >= 0.3 is 0 Å². The van der Waals surface area contributed by atoms with Gasteiger partial charge in [-0.2, -0.15) is 0 Å². The van der Waals surface area contributed by atoms with E-state index in [2.05, 4.69) is 10.9 Å². The third-order valence-electron chi connectivity index (χ3n) is 3.21. The van der Waals surface area contributed by atoms with Crippen molar-refractivity contribution in [1.82, 2.24) is 10.9 Å². The number of amides is 2. The number of nitrogens with one attached hydrogen (secondary N) is 2. The Hall–Kier alpha value is -2.73. The molecule has 2 aromatic carbocycles. The highest BCUT2D eigenvalue weighted by Gasteiger charge is 2.27. The fraction of sp³-hybridized carbons (Fsp3) is 0.125. The molecule has 0 radical (unpaired) electrons. The first-order valence-electron chi connectivity index (χ1n) is 6.88. The largest absolute Gasteiger partial charge is 0.485 e. The summed E-state index contributed by atoms with van der Waals surface area (Å²) in [5, 5.41) is 0.525. The normalized spacial score (nSPS) is 15.6. The van der Waals surface area contributed by atoms with Crippen molar-refractivity contribution in [2.75, 3.05) is 6.61 Å². The molecule has 0 aliphatic carbocycles. The maximum absolute atomic E-state index is 12.0. The Balaban J connectivity index is 1.56. The second kappa shape index (κ2) is 6.58. The van der Waals surface area contributed by atoms with Gasteiger partial charge in [-0.3, -0.25) is 20.4 Å². The van der Waals surface area contributed by atoms with Crippen molar-refractivity contribution in [3.8, 4) is 11.5 Å². The van der Waals surface area contributed by atoms with Crippen molar-refractivity contribution < 1.29 is 19.1 Å². The Morgan fingerprint density at radius 1 is 1.00 bits per heavy atom. The molecule has 0 saturated carbocycles. The molecule has 0 bridgehead atoms. The maximum atomic E-state index is 12.0. The van der Waals surface area contributed by atoms with Crippen LogP contribution in [-0.2, 0) is 4.79 Å². The number of benzene rings is 2. The summed E-state index contributed by atoms with van der Waals surface area (Å²) in [6.45, 7) is 0.0691. The van der Waals surface area contributed by atoms with Crippen LogP contribution in [0.3, 0.4) is 0 Å². The van der Waals surface area contributed by atoms with Crippen LogP contribution in [0.25, 0.3) is 0 Å². The molecule has 0 fully saturated rings. The van der Waals surface area contributed by atoms with Crippen LogP contribution in [-0.4, -0.2) is 24.5 Å². The minimum atomic E-state index is -0.838. The first-order chi connectivity index (χ1) is 11.1. The van der Waals surface area contributed by atoms with Gasteiger partial charge in [-0.25, -0.2) is 0 Å². The van der Waals surface area contributed by atoms with Gasteiger partial charge in [-0.05, 0) is 36.4 Å². The lowest BCUT2D eigenvalue weighted by Gasteiger charge is -2.25. The molecule has 0 unspecified atom stereocenters. The van der Waals surface area contributed by atoms with Gasteiger partial charge in [-0.15, -0.1) is 0 Å². The molecule has 2 aromatic rings. The van der Waals surface area contributed by atoms with E-state index in [1.807, 2.05) is 6.07 Å². The Morgan fingerprint density at radius 3 is 2.43 bits per heavy atom. The molecule has 7 heteroatoms. The molecule has 0 aromatic heterocycles. The van der Waals surface area contributed by atoms with Crippen LogP contribution in [0.2, 0.25) is 5.02 Å². The zero-order valence-corrected chi connectivity index (χ0v) is 12.7. The standard InChI is InChI=1S/C16H13ClN2O4/c17-11-7-5-10(6-8-11)15(20)18-19-16(21)14-9-22-12-3-1-2-4-13(12)23-14/h1-8,14H,9H2,(H,18,20)(H,19,21)/t14-/m1/s1. The monoisotopic (exact) mass is 332 g/mol. The molecule has 23 heavy (non-hydrogen) atoms. The summed E-state index contributed by atoms with van der Waals surface area (Å²) in [7, 11) is 0. The maximum Gasteiger partial charge on any atom is 0.283 e. The predicted octanol–water partition coefficient (Wildman–Crippen LogP) is 1.94. The number of halogens is 1. The molecular formula is C16H13ClN2O4. The van der Waals surface area contributed by atoms with Gasteiger partial charge in [0.15, 0.2) is 11.5 Å². The Kier molecular flexibility index (Phi) is 4.34. The van der Waals surface area contributed by atoms with E-state index in [4.69, 9.17) is 21.1 Å². The average Bonchev–Trinajstić information content (AvgIpc) is 2.59. The van der Waals surface area contributed by atoms with E-state index >= 15 is 0 Å². The topological polar surface area (TPSA) is 76.7 Å². The van der Waals surface area contributed by atoms with Crippen LogP contribution in [0.15, 0.2) is 48.5 Å². The quantitative estimate of drug-likeness (QED) is 0.824. The van der Waals surface area contributed by atoms with Gasteiger partial charge < -0.3 is 9.47 Å². The number of hydrogen-bond donors (Lipinski definition) is 2. The molecule has 118 valence electrons. The van der Waals surface area contributed by atoms with E-state index in [9.17, 15) is 9.59 Å². The van der Waals surface area contributed by atoms with Gasteiger partial charge in [-0.1, -0.05) is 23.7 Å². The van der Waals surface area contributed by atoms with Crippen molar-refractivity contribution in [3.05, 3.63) is 59.1 Å². The molecule has 1 aliphatic rings. The minimum Gasteiger partial charge on any atom is -0.485 e. The molecule has 3 rings (SSSR count). The lowest BCUT2D eigenvalue weighted by Crippen LogP contribution is -2.50. The third kappa shape index (κ3) is 3.54. The Morgan fingerprint density at radius 2 is 1.70 bits per heavy atom. The summed E-state index contributed by atoms with van der Waals surface area (Å²) in [6, 6.07) is 13.4. The summed E-state index contributed by atoms with van der Waals surface area (Å²) >= 11 is 5.75. The van der Waals surface area contributed by atoms with E-state index in [-0.39, 0.29) is 6.61 Å². The molecule has 1 heterocycles. The molecule has 2 N–H and O–H groups in total. The van der Waals surface area contributed by atoms with Crippen LogP contribution >= 0.6 is 11.6 Å². The van der Waals surface area contributed by atoms with Crippen molar-refractivity contribution in [3.63, 3.8) is 0 Å². The summed E-state index contributed by atoms with van der Waals surface area (Å²) in [5.74, 6) is 0.124. The van der Waals surface area contributed by atoms with Gasteiger partial charge in [0, 0.05) is 10.6 Å². The summed E-state index contributed by atoms with van der Waals surface area (Å²) in [4.78, 5) is 23.9. The number of hydrogen-bond acceptors (Lipinski definition) is 4. The highest BCUT2D eigenvalue weighted by Crippen LogP contribution is 2.30. The first kappa shape index (κ1) is 15.2. The summed E-state index contributed by atoms with van der Waals surface area (Å²) in [5.41, 5.74) is 5.02. The van der Waals surface area contributed by atoms with Gasteiger partial charge in [0.05, 0.1) is 0 Å². The van der Waals surface area contributed by atoms with Gasteiger partial charge in [0.2, 0.25) is 6.10 Å². The van der Waals surface area contributed by atoms with Crippen LogP contribution in [0.4, 0.5) is 0 Å². The molecule has 0 spiro atoms. The highest BCUT2D eigenvalue weighted by atomic mass is 35.5. The van der Waals surface area contributed by atoms with Crippen LogP contribution in [0.1, 0.15) is 10.4 Å². The second-order valence-corrected chi connectivity index (χ2v) is 5.25. The summed E-state index contributed by atoms with van der Waals surface area (Å²) < 4.78 is 11.0. The lowest BCUT2D eigenvalue weighted by atomic mass is 10.2. The number of carbonyl (C=O) groups is 2. The predicted molar refractivity (Wildman–Crippen MR) is 83.4 cm³/mol. The number of para-hydroxylation sites is 2. The highest BCUT2D eigenvalue weighted by molar-refractivity contribution is 6.30. The van der Waals surface area contributed by atoms with Crippen molar-refractivity contribution in [2.24, 2.45) is 0 Å². The Labute approximate surface area is 137 Å². The van der Waals surface area contributed by atoms with Crippen molar-refractivity contribution in [2.45, 2.75) is 6.10 Å². The molecule has 1 atom stereocenters. The molecule has 0 saturated heterocycles. The van der Waals surface area contributed by atoms with Crippen LogP contribution in [0.5, 0.6) is 11.5 Å². The molecule has 2 amide bonds. The molecular weight excluding hydrogens is 320 g/mol.